The minimum atomic E-state index is 1.17. The lowest BCUT2D eigenvalue weighted by Crippen LogP contribution is -2.24. The van der Waals surface area contributed by atoms with Crippen molar-refractivity contribution in [3.05, 3.63) is 54.1 Å². The molecule has 0 aromatic heterocycles. The van der Waals surface area contributed by atoms with E-state index >= 15 is 0 Å². The van der Waals surface area contributed by atoms with Crippen LogP contribution in [-0.4, -0.2) is 13.6 Å². The van der Waals surface area contributed by atoms with Gasteiger partial charge in [0.1, 0.15) is 0 Å². The molecule has 94 valence electrons. The normalized spacial score (nSPS) is 14.9. The first-order valence-corrected chi connectivity index (χ1v) is 6.98. The summed E-state index contributed by atoms with van der Waals surface area (Å²) in [7, 11) is 2.20. The first-order valence-electron chi connectivity index (χ1n) is 6.98. The fourth-order valence-electron chi connectivity index (χ4n) is 3.30. The van der Waals surface area contributed by atoms with Crippen molar-refractivity contribution < 1.29 is 0 Å². The zero-order valence-electron chi connectivity index (χ0n) is 11.2. The van der Waals surface area contributed by atoms with E-state index in [1.54, 1.807) is 0 Å². The molecule has 1 aliphatic rings. The molecule has 0 amide bonds. The van der Waals surface area contributed by atoms with E-state index in [2.05, 4.69) is 60.5 Å². The van der Waals surface area contributed by atoms with Gasteiger partial charge in [-0.3, -0.25) is 0 Å². The van der Waals surface area contributed by atoms with E-state index in [0.717, 1.165) is 0 Å². The smallest absolute Gasteiger partial charge is 0.0402 e. The quantitative estimate of drug-likeness (QED) is 0.533. The second kappa shape index (κ2) is 3.99. The van der Waals surface area contributed by atoms with Crippen molar-refractivity contribution >= 4 is 27.2 Å². The predicted molar refractivity (Wildman–Crippen MR) is 83.0 cm³/mol. The molecule has 0 saturated heterocycles. The van der Waals surface area contributed by atoms with Crippen LogP contribution in [0.5, 0.6) is 0 Å². The number of hydrogen-bond donors (Lipinski definition) is 0. The highest BCUT2D eigenvalue weighted by Gasteiger charge is 2.16. The molecule has 0 aliphatic carbocycles. The molecule has 4 rings (SSSR count). The van der Waals surface area contributed by atoms with E-state index in [-0.39, 0.29) is 0 Å². The van der Waals surface area contributed by atoms with Gasteiger partial charge in [-0.05, 0) is 58.1 Å². The Bertz CT molecular complexity index is 773. The number of aryl methyl sites for hydroxylation is 1. The third-order valence-electron chi connectivity index (χ3n) is 4.30. The summed E-state index contributed by atoms with van der Waals surface area (Å²) in [5.41, 5.74) is 2.94. The molecule has 0 fully saturated rings. The summed E-state index contributed by atoms with van der Waals surface area (Å²) in [6.07, 6.45) is 2.46. The molecule has 1 heterocycles. The Morgan fingerprint density at radius 2 is 1.68 bits per heavy atom. The number of hydrogen-bond acceptors (Lipinski definition) is 1. The standard InChI is InChI=1S/C18H17N/c1-19-10-4-7-16-17-12-14-6-3-2-5-13(14)11-15(17)8-9-18(16)19/h2-3,5-6,8-9,11-12H,4,7,10H2,1H3. The van der Waals surface area contributed by atoms with Gasteiger partial charge in [-0.25, -0.2) is 0 Å². The van der Waals surface area contributed by atoms with Crippen LogP contribution in [0.15, 0.2) is 48.5 Å². The molecule has 1 nitrogen and oxygen atoms in total. The summed E-state index contributed by atoms with van der Waals surface area (Å²) in [5, 5.41) is 5.48. The maximum absolute atomic E-state index is 2.38. The van der Waals surface area contributed by atoms with Gasteiger partial charge in [-0.1, -0.05) is 30.3 Å². The van der Waals surface area contributed by atoms with Gasteiger partial charge < -0.3 is 4.90 Å². The third kappa shape index (κ3) is 1.61. The van der Waals surface area contributed by atoms with Crippen molar-refractivity contribution in [3.63, 3.8) is 0 Å². The van der Waals surface area contributed by atoms with E-state index in [9.17, 15) is 0 Å². The number of fused-ring (bicyclic) bond motifs is 4. The maximum atomic E-state index is 2.38. The molecule has 3 aromatic carbocycles. The highest BCUT2D eigenvalue weighted by Crippen LogP contribution is 2.34. The summed E-state index contributed by atoms with van der Waals surface area (Å²) in [6, 6.07) is 17.9. The fourth-order valence-corrected chi connectivity index (χ4v) is 3.30. The van der Waals surface area contributed by atoms with Crippen molar-refractivity contribution in [3.8, 4) is 0 Å². The summed E-state index contributed by atoms with van der Waals surface area (Å²) in [4.78, 5) is 2.38. The molecule has 1 aliphatic heterocycles. The summed E-state index contributed by atoms with van der Waals surface area (Å²) >= 11 is 0. The van der Waals surface area contributed by atoms with E-state index in [0.29, 0.717) is 0 Å². The second-order valence-electron chi connectivity index (χ2n) is 5.51. The van der Waals surface area contributed by atoms with Crippen LogP contribution in [0, 0.1) is 0 Å². The Kier molecular flexibility index (Phi) is 2.28. The molecular formula is C18H17N. The SMILES string of the molecule is CN1CCCc2c1ccc1cc3ccccc3cc21. The largest absolute Gasteiger partial charge is 0.374 e. The summed E-state index contributed by atoms with van der Waals surface area (Å²) in [6.45, 7) is 1.17. The fraction of sp³-hybridized carbons (Fsp3) is 0.222. The van der Waals surface area contributed by atoms with Gasteiger partial charge in [-0.15, -0.1) is 0 Å². The van der Waals surface area contributed by atoms with Crippen molar-refractivity contribution in [1.82, 2.24) is 0 Å². The Morgan fingerprint density at radius 1 is 0.895 bits per heavy atom. The van der Waals surface area contributed by atoms with Crippen LogP contribution in [-0.2, 0) is 6.42 Å². The predicted octanol–water partition coefficient (Wildman–Crippen LogP) is 4.38. The zero-order chi connectivity index (χ0) is 12.8. The van der Waals surface area contributed by atoms with Crippen LogP contribution >= 0.6 is 0 Å². The Balaban J connectivity index is 2.10. The highest BCUT2D eigenvalue weighted by atomic mass is 15.1. The van der Waals surface area contributed by atoms with Crippen molar-refractivity contribution in [2.75, 3.05) is 18.5 Å². The van der Waals surface area contributed by atoms with E-state index in [1.807, 2.05) is 0 Å². The van der Waals surface area contributed by atoms with Gasteiger partial charge >= 0.3 is 0 Å². The van der Waals surface area contributed by atoms with Gasteiger partial charge in [0.05, 0.1) is 0 Å². The Morgan fingerprint density at radius 3 is 2.53 bits per heavy atom. The number of anilines is 1. The first kappa shape index (κ1) is 10.9. The van der Waals surface area contributed by atoms with Gasteiger partial charge in [0.25, 0.3) is 0 Å². The van der Waals surface area contributed by atoms with E-state index < -0.39 is 0 Å². The van der Waals surface area contributed by atoms with Crippen LogP contribution in [0.2, 0.25) is 0 Å². The van der Waals surface area contributed by atoms with Gasteiger partial charge in [0, 0.05) is 19.3 Å². The van der Waals surface area contributed by atoms with Crippen molar-refractivity contribution in [1.29, 1.82) is 0 Å². The zero-order valence-corrected chi connectivity index (χ0v) is 11.2. The van der Waals surface area contributed by atoms with Crippen LogP contribution in [0.3, 0.4) is 0 Å². The molecule has 0 unspecified atom stereocenters. The Labute approximate surface area is 113 Å². The molecule has 0 radical (unpaired) electrons. The van der Waals surface area contributed by atoms with Crippen LogP contribution in [0.4, 0.5) is 5.69 Å². The topological polar surface area (TPSA) is 3.24 Å². The van der Waals surface area contributed by atoms with Gasteiger partial charge in [-0.2, -0.15) is 0 Å². The lowest BCUT2D eigenvalue weighted by atomic mass is 9.93. The minimum absolute atomic E-state index is 1.17. The second-order valence-corrected chi connectivity index (χ2v) is 5.51. The van der Waals surface area contributed by atoms with Crippen LogP contribution in [0.25, 0.3) is 21.5 Å². The highest BCUT2D eigenvalue weighted by molar-refractivity contribution is 6.01. The average Bonchev–Trinajstić information content (AvgIpc) is 2.45. The minimum Gasteiger partial charge on any atom is -0.374 e. The number of benzene rings is 3. The third-order valence-corrected chi connectivity index (χ3v) is 4.30. The van der Waals surface area contributed by atoms with E-state index in [4.69, 9.17) is 0 Å². The molecule has 19 heavy (non-hydrogen) atoms. The lowest BCUT2D eigenvalue weighted by molar-refractivity contribution is 0.749. The average molecular weight is 247 g/mol. The Hall–Kier alpha value is -2.02. The summed E-state index contributed by atoms with van der Waals surface area (Å²) < 4.78 is 0. The molecule has 0 spiro atoms. The van der Waals surface area contributed by atoms with Gasteiger partial charge in [0.2, 0.25) is 0 Å². The van der Waals surface area contributed by atoms with Crippen molar-refractivity contribution in [2.45, 2.75) is 12.8 Å². The monoisotopic (exact) mass is 247 g/mol. The number of rotatable bonds is 0. The van der Waals surface area contributed by atoms with E-state index in [1.165, 1.54) is 52.2 Å². The molecule has 0 saturated carbocycles. The van der Waals surface area contributed by atoms with Crippen LogP contribution in [0.1, 0.15) is 12.0 Å². The molecule has 1 heteroatoms. The van der Waals surface area contributed by atoms with Crippen molar-refractivity contribution in [2.24, 2.45) is 0 Å². The molecule has 3 aromatic rings. The molecule has 0 atom stereocenters. The molecule has 0 bridgehead atoms. The molecular weight excluding hydrogens is 230 g/mol. The number of nitrogens with zero attached hydrogens (tertiary/aromatic N) is 1. The van der Waals surface area contributed by atoms with Crippen LogP contribution < -0.4 is 4.90 Å². The van der Waals surface area contributed by atoms with Gasteiger partial charge in [0.15, 0.2) is 0 Å². The lowest BCUT2D eigenvalue weighted by Gasteiger charge is -2.28. The first-order chi connectivity index (χ1) is 9.33. The molecule has 0 N–H and O–H groups in total. The maximum Gasteiger partial charge on any atom is 0.0402 e. The summed E-state index contributed by atoms with van der Waals surface area (Å²) in [5.74, 6) is 0.